The lowest BCUT2D eigenvalue weighted by Crippen LogP contribution is -2.37. The molecule has 0 radical (unpaired) electrons. The quantitative estimate of drug-likeness (QED) is 0.659. The van der Waals surface area contributed by atoms with Gasteiger partial charge in [-0.3, -0.25) is 4.79 Å². The zero-order valence-electron chi connectivity index (χ0n) is 10.1. The van der Waals surface area contributed by atoms with Gasteiger partial charge in [0.1, 0.15) is 0 Å². The van der Waals surface area contributed by atoms with Crippen LogP contribution in [0.5, 0.6) is 0 Å². The Morgan fingerprint density at radius 1 is 1.29 bits per heavy atom. The molecule has 3 heteroatoms. The van der Waals surface area contributed by atoms with E-state index in [-0.39, 0.29) is 17.2 Å². The molecule has 0 spiro atoms. The molecule has 0 aromatic heterocycles. The summed E-state index contributed by atoms with van der Waals surface area (Å²) in [5.41, 5.74) is 0.0487. The summed E-state index contributed by atoms with van der Waals surface area (Å²) in [6, 6.07) is 0. The minimum Gasteiger partial charge on any atom is -0.356 e. The SMILES string of the molecule is CNCCCNC(=O)C(C)C(C)(C)C. The number of hydrogen-bond acceptors (Lipinski definition) is 2. The maximum absolute atomic E-state index is 11.6. The van der Waals surface area contributed by atoms with Crippen LogP contribution in [0.3, 0.4) is 0 Å². The largest absolute Gasteiger partial charge is 0.356 e. The van der Waals surface area contributed by atoms with E-state index in [9.17, 15) is 4.79 Å². The van der Waals surface area contributed by atoms with Crippen molar-refractivity contribution in [2.24, 2.45) is 11.3 Å². The molecular weight excluding hydrogens is 176 g/mol. The Hall–Kier alpha value is -0.570. The summed E-state index contributed by atoms with van der Waals surface area (Å²) in [5, 5.41) is 5.99. The van der Waals surface area contributed by atoms with Gasteiger partial charge in [0.05, 0.1) is 0 Å². The zero-order valence-corrected chi connectivity index (χ0v) is 10.1. The van der Waals surface area contributed by atoms with Crippen LogP contribution in [0.2, 0.25) is 0 Å². The number of carbonyl (C=O) groups is 1. The van der Waals surface area contributed by atoms with Crippen LogP contribution in [0.1, 0.15) is 34.1 Å². The van der Waals surface area contributed by atoms with Gasteiger partial charge in [-0.2, -0.15) is 0 Å². The predicted octanol–water partition coefficient (Wildman–Crippen LogP) is 1.39. The molecule has 0 heterocycles. The summed E-state index contributed by atoms with van der Waals surface area (Å²) in [4.78, 5) is 11.6. The highest BCUT2D eigenvalue weighted by molar-refractivity contribution is 5.78. The maximum Gasteiger partial charge on any atom is 0.223 e. The van der Waals surface area contributed by atoms with Gasteiger partial charge in [-0.1, -0.05) is 27.7 Å². The lowest BCUT2D eigenvalue weighted by atomic mass is 9.81. The highest BCUT2D eigenvalue weighted by atomic mass is 16.1. The van der Waals surface area contributed by atoms with Crippen molar-refractivity contribution in [2.75, 3.05) is 20.1 Å². The average molecular weight is 200 g/mol. The monoisotopic (exact) mass is 200 g/mol. The van der Waals surface area contributed by atoms with Crippen LogP contribution in [0.4, 0.5) is 0 Å². The second-order valence-corrected chi connectivity index (χ2v) is 4.84. The first kappa shape index (κ1) is 13.4. The molecule has 1 amide bonds. The van der Waals surface area contributed by atoms with E-state index in [1.54, 1.807) is 0 Å². The van der Waals surface area contributed by atoms with E-state index in [0.29, 0.717) is 0 Å². The lowest BCUT2D eigenvalue weighted by Gasteiger charge is -2.26. The van der Waals surface area contributed by atoms with E-state index in [2.05, 4.69) is 31.4 Å². The van der Waals surface area contributed by atoms with Crippen molar-refractivity contribution in [1.29, 1.82) is 0 Å². The molecule has 0 aliphatic heterocycles. The lowest BCUT2D eigenvalue weighted by molar-refractivity contribution is -0.127. The molecule has 2 N–H and O–H groups in total. The minimum atomic E-state index is 0.0487. The fraction of sp³-hybridized carbons (Fsp3) is 0.909. The number of hydrogen-bond donors (Lipinski definition) is 2. The Kier molecular flexibility index (Phi) is 5.77. The Bertz CT molecular complexity index is 173. The first-order valence-corrected chi connectivity index (χ1v) is 5.32. The van der Waals surface area contributed by atoms with Crippen molar-refractivity contribution >= 4 is 5.91 Å². The highest BCUT2D eigenvalue weighted by Gasteiger charge is 2.26. The third kappa shape index (κ3) is 5.22. The minimum absolute atomic E-state index is 0.0487. The summed E-state index contributed by atoms with van der Waals surface area (Å²) in [6.07, 6.45) is 0.985. The summed E-state index contributed by atoms with van der Waals surface area (Å²) < 4.78 is 0. The smallest absolute Gasteiger partial charge is 0.223 e. The van der Waals surface area contributed by atoms with Crippen LogP contribution in [0.25, 0.3) is 0 Å². The van der Waals surface area contributed by atoms with Crippen LogP contribution in [0.15, 0.2) is 0 Å². The third-order valence-corrected chi connectivity index (χ3v) is 2.60. The van der Waals surface area contributed by atoms with Gasteiger partial charge >= 0.3 is 0 Å². The van der Waals surface area contributed by atoms with E-state index in [4.69, 9.17) is 0 Å². The third-order valence-electron chi connectivity index (χ3n) is 2.60. The molecule has 1 atom stereocenters. The topological polar surface area (TPSA) is 41.1 Å². The molecule has 0 aromatic carbocycles. The van der Waals surface area contributed by atoms with Crippen LogP contribution in [-0.2, 0) is 4.79 Å². The fourth-order valence-corrected chi connectivity index (χ4v) is 1.02. The van der Waals surface area contributed by atoms with Crippen molar-refractivity contribution < 1.29 is 4.79 Å². The maximum atomic E-state index is 11.6. The molecule has 0 bridgehead atoms. The van der Waals surface area contributed by atoms with Gasteiger partial charge in [-0.05, 0) is 25.4 Å². The van der Waals surface area contributed by atoms with Crippen molar-refractivity contribution in [3.63, 3.8) is 0 Å². The van der Waals surface area contributed by atoms with Crippen LogP contribution in [0, 0.1) is 11.3 Å². The normalized spacial score (nSPS) is 13.8. The predicted molar refractivity (Wildman–Crippen MR) is 60.2 cm³/mol. The van der Waals surface area contributed by atoms with Gasteiger partial charge in [0.25, 0.3) is 0 Å². The molecule has 0 fully saturated rings. The summed E-state index contributed by atoms with van der Waals surface area (Å²) in [6.45, 7) is 9.96. The van der Waals surface area contributed by atoms with Crippen molar-refractivity contribution in [2.45, 2.75) is 34.1 Å². The fourth-order valence-electron chi connectivity index (χ4n) is 1.02. The van der Waals surface area contributed by atoms with Gasteiger partial charge in [0, 0.05) is 12.5 Å². The Morgan fingerprint density at radius 3 is 2.29 bits per heavy atom. The van der Waals surface area contributed by atoms with Crippen molar-refractivity contribution in [1.82, 2.24) is 10.6 Å². The van der Waals surface area contributed by atoms with Gasteiger partial charge in [-0.15, -0.1) is 0 Å². The van der Waals surface area contributed by atoms with Crippen molar-refractivity contribution in [3.8, 4) is 0 Å². The molecule has 0 rings (SSSR count). The summed E-state index contributed by atoms with van der Waals surface area (Å²) >= 11 is 0. The van der Waals surface area contributed by atoms with Crippen LogP contribution in [-0.4, -0.2) is 26.0 Å². The van der Waals surface area contributed by atoms with E-state index >= 15 is 0 Å². The van der Waals surface area contributed by atoms with E-state index in [0.717, 1.165) is 19.5 Å². The molecule has 0 aromatic rings. The molecule has 0 aliphatic rings. The van der Waals surface area contributed by atoms with Crippen LogP contribution >= 0.6 is 0 Å². The molecule has 0 saturated heterocycles. The zero-order chi connectivity index (χ0) is 11.2. The molecule has 3 nitrogen and oxygen atoms in total. The number of carbonyl (C=O) groups excluding carboxylic acids is 1. The average Bonchev–Trinajstić information content (AvgIpc) is 2.09. The van der Waals surface area contributed by atoms with Gasteiger partial charge < -0.3 is 10.6 Å². The van der Waals surface area contributed by atoms with E-state index < -0.39 is 0 Å². The second kappa shape index (κ2) is 6.02. The summed E-state index contributed by atoms with van der Waals surface area (Å²) in [7, 11) is 1.92. The molecule has 84 valence electrons. The summed E-state index contributed by atoms with van der Waals surface area (Å²) in [5.74, 6) is 0.227. The number of rotatable bonds is 5. The first-order valence-electron chi connectivity index (χ1n) is 5.32. The standard InChI is InChI=1S/C11H24N2O/c1-9(11(2,3)4)10(14)13-8-6-7-12-5/h9,12H,6-8H2,1-5H3,(H,13,14). The van der Waals surface area contributed by atoms with Crippen molar-refractivity contribution in [3.05, 3.63) is 0 Å². The highest BCUT2D eigenvalue weighted by Crippen LogP contribution is 2.24. The molecule has 14 heavy (non-hydrogen) atoms. The molecule has 0 saturated carbocycles. The molecule has 1 unspecified atom stereocenters. The number of amides is 1. The van der Waals surface area contributed by atoms with Gasteiger partial charge in [0.15, 0.2) is 0 Å². The van der Waals surface area contributed by atoms with Gasteiger partial charge in [0.2, 0.25) is 5.91 Å². The van der Waals surface area contributed by atoms with E-state index in [1.165, 1.54) is 0 Å². The second-order valence-electron chi connectivity index (χ2n) is 4.84. The molecular formula is C11H24N2O. The Balaban J connectivity index is 3.74. The Labute approximate surface area is 87.6 Å². The van der Waals surface area contributed by atoms with E-state index in [1.807, 2.05) is 14.0 Å². The van der Waals surface area contributed by atoms with Gasteiger partial charge in [-0.25, -0.2) is 0 Å². The van der Waals surface area contributed by atoms with Crippen LogP contribution < -0.4 is 10.6 Å². The Morgan fingerprint density at radius 2 is 1.86 bits per heavy atom. The first-order chi connectivity index (χ1) is 6.39. The molecule has 0 aliphatic carbocycles. The number of nitrogens with one attached hydrogen (secondary N) is 2.